The van der Waals surface area contributed by atoms with Crippen molar-refractivity contribution < 1.29 is 0 Å². The Labute approximate surface area is 118 Å². The van der Waals surface area contributed by atoms with Gasteiger partial charge < -0.3 is 5.32 Å². The van der Waals surface area contributed by atoms with E-state index in [4.69, 9.17) is 10.5 Å². The predicted molar refractivity (Wildman–Crippen MR) is 79.5 cm³/mol. The van der Waals surface area contributed by atoms with E-state index in [-0.39, 0.29) is 5.57 Å². The molecule has 3 nitrogen and oxygen atoms in total. The molecule has 0 heterocycles. The fourth-order valence-electron chi connectivity index (χ4n) is 1.91. The quantitative estimate of drug-likeness (QED) is 0.847. The minimum Gasteiger partial charge on any atom is -0.359 e. The largest absolute Gasteiger partial charge is 0.359 e. The van der Waals surface area contributed by atoms with Crippen LogP contribution < -0.4 is 5.32 Å². The summed E-state index contributed by atoms with van der Waals surface area (Å²) >= 11 is 0. The molecule has 96 valence electrons. The number of benzene rings is 2. The van der Waals surface area contributed by atoms with Gasteiger partial charge in [0.2, 0.25) is 0 Å². The minimum atomic E-state index is 0.0454. The Hall–Kier alpha value is -3.04. The van der Waals surface area contributed by atoms with Gasteiger partial charge in [-0.25, -0.2) is 0 Å². The van der Waals surface area contributed by atoms with Gasteiger partial charge in [0.25, 0.3) is 0 Å². The van der Waals surface area contributed by atoms with Crippen LogP contribution in [0.25, 0.3) is 11.1 Å². The van der Waals surface area contributed by atoms with Crippen molar-refractivity contribution in [2.24, 2.45) is 0 Å². The summed E-state index contributed by atoms with van der Waals surface area (Å²) in [5.41, 5.74) is 4.22. The van der Waals surface area contributed by atoms with Gasteiger partial charge in [0, 0.05) is 17.5 Å². The molecule has 2 aromatic carbocycles. The van der Waals surface area contributed by atoms with Crippen LogP contribution in [0.2, 0.25) is 0 Å². The topological polar surface area (TPSA) is 59.6 Å². The van der Waals surface area contributed by atoms with E-state index in [9.17, 15) is 0 Å². The van der Waals surface area contributed by atoms with Gasteiger partial charge in [-0.15, -0.1) is 0 Å². The highest BCUT2D eigenvalue weighted by molar-refractivity contribution is 5.78. The zero-order chi connectivity index (χ0) is 14.4. The Kier molecular flexibility index (Phi) is 4.17. The first-order chi connectivity index (χ1) is 9.74. The summed E-state index contributed by atoms with van der Waals surface area (Å²) < 4.78 is 0. The second-order valence-electron chi connectivity index (χ2n) is 4.34. The first-order valence-electron chi connectivity index (χ1n) is 6.17. The molecule has 0 aliphatic heterocycles. The van der Waals surface area contributed by atoms with Gasteiger partial charge in [0.05, 0.1) is 0 Å². The maximum Gasteiger partial charge on any atom is 0.145 e. The number of aryl methyl sites for hydroxylation is 1. The summed E-state index contributed by atoms with van der Waals surface area (Å²) in [4.78, 5) is 0. The number of anilines is 1. The van der Waals surface area contributed by atoms with Crippen LogP contribution in [0, 0.1) is 29.6 Å². The fourth-order valence-corrected chi connectivity index (χ4v) is 1.91. The first-order valence-corrected chi connectivity index (χ1v) is 6.17. The lowest BCUT2D eigenvalue weighted by Crippen LogP contribution is -1.93. The smallest absolute Gasteiger partial charge is 0.145 e. The van der Waals surface area contributed by atoms with Crippen LogP contribution in [0.3, 0.4) is 0 Å². The molecule has 2 rings (SSSR count). The molecule has 0 radical (unpaired) electrons. The average molecular weight is 259 g/mol. The first kappa shape index (κ1) is 13.4. The molecule has 0 amide bonds. The standard InChI is InChI=1S/C17H13N3/c1-13-5-4-6-15(9-13)16-7-2-3-8-17(16)20-12-14(10-18)11-19/h2-9,12,20H,1H3. The Morgan fingerprint density at radius 1 is 1.05 bits per heavy atom. The molecule has 3 heteroatoms. The van der Waals surface area contributed by atoms with E-state index in [0.717, 1.165) is 16.8 Å². The van der Waals surface area contributed by atoms with Crippen molar-refractivity contribution in [1.29, 1.82) is 10.5 Å². The zero-order valence-corrected chi connectivity index (χ0v) is 11.1. The lowest BCUT2D eigenvalue weighted by molar-refractivity contribution is 1.44. The van der Waals surface area contributed by atoms with Crippen molar-refractivity contribution in [3.05, 3.63) is 65.9 Å². The van der Waals surface area contributed by atoms with Crippen LogP contribution in [0.1, 0.15) is 5.56 Å². The highest BCUT2D eigenvalue weighted by Crippen LogP contribution is 2.28. The highest BCUT2D eigenvalue weighted by Gasteiger charge is 2.03. The Morgan fingerprint density at radius 3 is 2.50 bits per heavy atom. The SMILES string of the molecule is Cc1cccc(-c2ccccc2NC=C(C#N)C#N)c1. The molecular formula is C17H13N3. The van der Waals surface area contributed by atoms with E-state index in [1.165, 1.54) is 11.8 Å². The van der Waals surface area contributed by atoms with Crippen LogP contribution in [0.4, 0.5) is 5.69 Å². The van der Waals surface area contributed by atoms with Crippen molar-refractivity contribution in [3.63, 3.8) is 0 Å². The number of hydrogen-bond acceptors (Lipinski definition) is 3. The monoisotopic (exact) mass is 259 g/mol. The van der Waals surface area contributed by atoms with Crippen LogP contribution >= 0.6 is 0 Å². The maximum absolute atomic E-state index is 8.75. The van der Waals surface area contributed by atoms with Crippen molar-refractivity contribution >= 4 is 5.69 Å². The average Bonchev–Trinajstić information content (AvgIpc) is 2.49. The number of hydrogen-bond donors (Lipinski definition) is 1. The van der Waals surface area contributed by atoms with Crippen molar-refractivity contribution in [2.75, 3.05) is 5.32 Å². The number of nitrogens with zero attached hydrogens (tertiary/aromatic N) is 2. The van der Waals surface area contributed by atoms with Crippen LogP contribution in [-0.2, 0) is 0 Å². The molecule has 0 bridgehead atoms. The molecule has 0 saturated heterocycles. The molecule has 0 spiro atoms. The molecule has 20 heavy (non-hydrogen) atoms. The van der Waals surface area contributed by atoms with Crippen LogP contribution in [-0.4, -0.2) is 0 Å². The predicted octanol–water partition coefficient (Wildman–Crippen LogP) is 4.00. The van der Waals surface area contributed by atoms with E-state index >= 15 is 0 Å². The van der Waals surface area contributed by atoms with Gasteiger partial charge >= 0.3 is 0 Å². The van der Waals surface area contributed by atoms with Crippen molar-refractivity contribution in [3.8, 4) is 23.3 Å². The Balaban J connectivity index is 2.40. The molecule has 0 aliphatic carbocycles. The minimum absolute atomic E-state index is 0.0454. The Morgan fingerprint density at radius 2 is 1.80 bits per heavy atom. The maximum atomic E-state index is 8.75. The van der Waals surface area contributed by atoms with E-state index in [0.29, 0.717) is 0 Å². The lowest BCUT2D eigenvalue weighted by atomic mass is 10.0. The summed E-state index contributed by atoms with van der Waals surface area (Å²) in [5.74, 6) is 0. The van der Waals surface area contributed by atoms with E-state index in [2.05, 4.69) is 11.4 Å². The molecule has 0 unspecified atom stereocenters. The number of nitrogens with one attached hydrogen (secondary N) is 1. The summed E-state index contributed by atoms with van der Waals surface area (Å²) in [7, 11) is 0. The second-order valence-corrected chi connectivity index (χ2v) is 4.34. The molecule has 0 aliphatic rings. The third-order valence-electron chi connectivity index (χ3n) is 2.87. The van der Waals surface area contributed by atoms with E-state index in [1.807, 2.05) is 61.5 Å². The fraction of sp³-hybridized carbons (Fsp3) is 0.0588. The zero-order valence-electron chi connectivity index (χ0n) is 11.1. The molecular weight excluding hydrogens is 246 g/mol. The van der Waals surface area contributed by atoms with Gasteiger partial charge in [-0.2, -0.15) is 10.5 Å². The molecule has 0 fully saturated rings. The third kappa shape index (κ3) is 3.04. The summed E-state index contributed by atoms with van der Waals surface area (Å²) in [5, 5.41) is 20.5. The lowest BCUT2D eigenvalue weighted by Gasteiger charge is -2.10. The van der Waals surface area contributed by atoms with Gasteiger partial charge in [-0.3, -0.25) is 0 Å². The summed E-state index contributed by atoms with van der Waals surface area (Å²) in [6, 6.07) is 19.6. The van der Waals surface area contributed by atoms with Gasteiger partial charge in [0.15, 0.2) is 0 Å². The molecule has 2 aromatic rings. The van der Waals surface area contributed by atoms with E-state index in [1.54, 1.807) is 0 Å². The number of para-hydroxylation sites is 1. The molecule has 0 atom stereocenters. The molecule has 1 N–H and O–H groups in total. The second kappa shape index (κ2) is 6.22. The number of rotatable bonds is 3. The van der Waals surface area contributed by atoms with Gasteiger partial charge in [-0.1, -0.05) is 48.0 Å². The normalized spacial score (nSPS) is 9.15. The molecule has 0 saturated carbocycles. The number of allylic oxidation sites excluding steroid dienone is 1. The van der Waals surface area contributed by atoms with Crippen molar-refractivity contribution in [2.45, 2.75) is 6.92 Å². The summed E-state index contributed by atoms with van der Waals surface area (Å²) in [6.07, 6.45) is 1.43. The van der Waals surface area contributed by atoms with Crippen LogP contribution in [0.15, 0.2) is 60.3 Å². The van der Waals surface area contributed by atoms with Gasteiger partial charge in [-0.05, 0) is 18.6 Å². The van der Waals surface area contributed by atoms with Gasteiger partial charge in [0.1, 0.15) is 17.7 Å². The number of nitriles is 2. The van der Waals surface area contributed by atoms with Crippen molar-refractivity contribution in [1.82, 2.24) is 0 Å². The Bertz CT molecular complexity index is 714. The highest BCUT2D eigenvalue weighted by atomic mass is 14.8. The third-order valence-corrected chi connectivity index (χ3v) is 2.87. The van der Waals surface area contributed by atoms with E-state index < -0.39 is 0 Å². The summed E-state index contributed by atoms with van der Waals surface area (Å²) in [6.45, 7) is 2.04. The van der Waals surface area contributed by atoms with Crippen LogP contribution in [0.5, 0.6) is 0 Å². The molecule has 0 aromatic heterocycles.